The molecule has 2 amide bonds. The third-order valence-electron chi connectivity index (χ3n) is 5.17. The van der Waals surface area contributed by atoms with Crippen LogP contribution < -0.4 is 5.32 Å². The molecule has 2 unspecified atom stereocenters. The van der Waals surface area contributed by atoms with Crippen molar-refractivity contribution in [2.24, 2.45) is 5.92 Å². The number of carbonyl (C=O) groups excluding carboxylic acids is 2. The molecule has 20 heavy (non-hydrogen) atoms. The molecule has 2 aliphatic rings. The molecule has 1 saturated heterocycles. The fourth-order valence-electron chi connectivity index (χ4n) is 3.45. The third-order valence-corrected chi connectivity index (χ3v) is 5.17. The van der Waals surface area contributed by atoms with Crippen molar-refractivity contribution in [3.8, 4) is 0 Å². The number of hydrogen-bond donors (Lipinski definition) is 1. The zero-order valence-corrected chi connectivity index (χ0v) is 13.1. The van der Waals surface area contributed by atoms with Crippen LogP contribution in [0.1, 0.15) is 65.7 Å². The summed E-state index contributed by atoms with van der Waals surface area (Å²) >= 11 is 0. The van der Waals surface area contributed by atoms with Crippen molar-refractivity contribution in [2.45, 2.75) is 77.3 Å². The topological polar surface area (TPSA) is 49.4 Å². The van der Waals surface area contributed by atoms with Gasteiger partial charge in [0, 0.05) is 6.54 Å². The fraction of sp³-hybridized carbons (Fsp3) is 0.875. The minimum absolute atomic E-state index is 0.0187. The molecule has 114 valence electrons. The van der Waals surface area contributed by atoms with Crippen LogP contribution in [-0.2, 0) is 9.59 Å². The monoisotopic (exact) mass is 280 g/mol. The van der Waals surface area contributed by atoms with E-state index in [0.29, 0.717) is 6.42 Å². The molecular weight excluding hydrogens is 252 g/mol. The van der Waals surface area contributed by atoms with E-state index in [2.05, 4.69) is 5.32 Å². The van der Waals surface area contributed by atoms with Gasteiger partial charge in [0.15, 0.2) is 0 Å². The Balaban J connectivity index is 1.92. The summed E-state index contributed by atoms with van der Waals surface area (Å²) in [5.41, 5.74) is -0.711. The first kappa shape index (κ1) is 15.3. The molecule has 0 aromatic rings. The highest BCUT2D eigenvalue weighted by Gasteiger charge is 2.44. The van der Waals surface area contributed by atoms with Crippen molar-refractivity contribution in [2.75, 3.05) is 6.54 Å². The Morgan fingerprint density at radius 1 is 1.30 bits per heavy atom. The lowest BCUT2D eigenvalue weighted by Gasteiger charge is -2.43. The summed E-state index contributed by atoms with van der Waals surface area (Å²) in [6.07, 6.45) is 8.27. The van der Waals surface area contributed by atoms with Gasteiger partial charge in [0.2, 0.25) is 11.8 Å². The van der Waals surface area contributed by atoms with E-state index < -0.39 is 5.54 Å². The molecule has 2 rings (SSSR count). The maximum atomic E-state index is 12.6. The predicted octanol–water partition coefficient (Wildman–Crippen LogP) is 2.47. The normalized spacial score (nSPS) is 31.8. The van der Waals surface area contributed by atoms with Gasteiger partial charge in [-0.1, -0.05) is 32.6 Å². The van der Waals surface area contributed by atoms with Crippen LogP contribution in [0.5, 0.6) is 0 Å². The average molecular weight is 280 g/mol. The van der Waals surface area contributed by atoms with Crippen LogP contribution in [0.25, 0.3) is 0 Å². The average Bonchev–Trinajstić information content (AvgIpc) is 2.93. The largest absolute Gasteiger partial charge is 0.340 e. The van der Waals surface area contributed by atoms with Gasteiger partial charge in [0.1, 0.15) is 11.6 Å². The van der Waals surface area contributed by atoms with Gasteiger partial charge in [-0.3, -0.25) is 9.59 Å². The van der Waals surface area contributed by atoms with Gasteiger partial charge in [-0.05, 0) is 39.0 Å². The molecule has 2 fully saturated rings. The van der Waals surface area contributed by atoms with E-state index in [9.17, 15) is 9.59 Å². The van der Waals surface area contributed by atoms with Crippen LogP contribution in [0.3, 0.4) is 0 Å². The lowest BCUT2D eigenvalue weighted by molar-refractivity contribution is -0.153. The van der Waals surface area contributed by atoms with Crippen molar-refractivity contribution in [1.82, 2.24) is 10.2 Å². The van der Waals surface area contributed by atoms with Gasteiger partial charge in [0.25, 0.3) is 0 Å². The smallest absolute Gasteiger partial charge is 0.248 e. The van der Waals surface area contributed by atoms with Crippen molar-refractivity contribution >= 4 is 11.8 Å². The maximum absolute atomic E-state index is 12.6. The molecular formula is C16H28N2O2. The zero-order valence-electron chi connectivity index (χ0n) is 13.1. The Bertz CT molecular complexity index is 377. The quantitative estimate of drug-likeness (QED) is 0.841. The molecule has 1 heterocycles. The van der Waals surface area contributed by atoms with Crippen LogP contribution in [0, 0.1) is 5.92 Å². The molecule has 0 aromatic carbocycles. The summed E-state index contributed by atoms with van der Waals surface area (Å²) in [4.78, 5) is 26.4. The van der Waals surface area contributed by atoms with Crippen molar-refractivity contribution in [3.63, 3.8) is 0 Å². The van der Waals surface area contributed by atoms with Crippen LogP contribution in [0.4, 0.5) is 0 Å². The molecule has 2 atom stereocenters. The van der Waals surface area contributed by atoms with Crippen LogP contribution >= 0.6 is 0 Å². The molecule has 0 radical (unpaired) electrons. The molecule has 1 saturated carbocycles. The summed E-state index contributed by atoms with van der Waals surface area (Å²) in [6.45, 7) is 6.34. The number of rotatable bonds is 5. The van der Waals surface area contributed by atoms with E-state index in [-0.39, 0.29) is 17.9 Å². The summed E-state index contributed by atoms with van der Waals surface area (Å²) in [7, 11) is 0. The summed E-state index contributed by atoms with van der Waals surface area (Å²) < 4.78 is 0. The number of hydrogen-bond acceptors (Lipinski definition) is 2. The lowest BCUT2D eigenvalue weighted by Crippen LogP contribution is -2.68. The fourth-order valence-corrected chi connectivity index (χ4v) is 3.45. The Labute approximate surface area is 122 Å². The van der Waals surface area contributed by atoms with Gasteiger partial charge in [0.05, 0.1) is 0 Å². The number of carbonyl (C=O) groups is 2. The van der Waals surface area contributed by atoms with Crippen molar-refractivity contribution in [1.29, 1.82) is 0 Å². The van der Waals surface area contributed by atoms with E-state index in [1.807, 2.05) is 20.8 Å². The van der Waals surface area contributed by atoms with Crippen LogP contribution in [-0.4, -0.2) is 34.8 Å². The number of nitrogens with zero attached hydrogens (tertiary/aromatic N) is 1. The second kappa shape index (κ2) is 6.15. The van der Waals surface area contributed by atoms with E-state index in [1.54, 1.807) is 4.90 Å². The SMILES string of the molecule is CCC1(C)NC(=O)C(C)N(CCCC2CCCC2)C1=O. The maximum Gasteiger partial charge on any atom is 0.248 e. The van der Waals surface area contributed by atoms with Crippen LogP contribution in [0.15, 0.2) is 0 Å². The minimum Gasteiger partial charge on any atom is -0.340 e. The van der Waals surface area contributed by atoms with E-state index in [0.717, 1.165) is 18.9 Å². The minimum atomic E-state index is -0.711. The van der Waals surface area contributed by atoms with Gasteiger partial charge in [-0.15, -0.1) is 0 Å². The molecule has 0 aromatic heterocycles. The molecule has 4 nitrogen and oxygen atoms in total. The highest BCUT2D eigenvalue weighted by molar-refractivity contribution is 5.99. The van der Waals surface area contributed by atoms with E-state index in [1.165, 1.54) is 32.1 Å². The third kappa shape index (κ3) is 2.99. The Morgan fingerprint density at radius 2 is 1.95 bits per heavy atom. The standard InChI is InChI=1S/C16H28N2O2/c1-4-16(3)15(20)18(12(2)14(19)17-16)11-7-10-13-8-5-6-9-13/h12-13H,4-11H2,1-3H3,(H,17,19). The molecule has 1 aliphatic carbocycles. The number of amides is 2. The van der Waals surface area contributed by atoms with Crippen molar-refractivity contribution in [3.05, 3.63) is 0 Å². The second-order valence-corrected chi connectivity index (χ2v) is 6.64. The molecule has 0 spiro atoms. The summed E-state index contributed by atoms with van der Waals surface area (Å²) in [5, 5.41) is 2.87. The second-order valence-electron chi connectivity index (χ2n) is 6.64. The zero-order chi connectivity index (χ0) is 14.8. The first-order valence-electron chi connectivity index (χ1n) is 8.11. The molecule has 1 aliphatic heterocycles. The van der Waals surface area contributed by atoms with E-state index >= 15 is 0 Å². The Hall–Kier alpha value is -1.06. The lowest BCUT2D eigenvalue weighted by atomic mass is 9.91. The summed E-state index contributed by atoms with van der Waals surface area (Å²) in [5.74, 6) is 0.907. The number of nitrogens with one attached hydrogen (secondary N) is 1. The first-order valence-corrected chi connectivity index (χ1v) is 8.11. The Morgan fingerprint density at radius 3 is 2.55 bits per heavy atom. The van der Waals surface area contributed by atoms with Crippen LogP contribution in [0.2, 0.25) is 0 Å². The molecule has 0 bridgehead atoms. The van der Waals surface area contributed by atoms with Gasteiger partial charge in [-0.25, -0.2) is 0 Å². The van der Waals surface area contributed by atoms with Gasteiger partial charge in [-0.2, -0.15) is 0 Å². The predicted molar refractivity (Wildman–Crippen MR) is 79.2 cm³/mol. The van der Waals surface area contributed by atoms with E-state index in [4.69, 9.17) is 0 Å². The molecule has 4 heteroatoms. The van der Waals surface area contributed by atoms with Gasteiger partial charge < -0.3 is 10.2 Å². The summed E-state index contributed by atoms with van der Waals surface area (Å²) in [6, 6.07) is -0.328. The molecule has 1 N–H and O–H groups in total. The number of piperazine rings is 1. The highest BCUT2D eigenvalue weighted by Crippen LogP contribution is 2.29. The Kier molecular flexibility index (Phi) is 4.71. The van der Waals surface area contributed by atoms with Gasteiger partial charge >= 0.3 is 0 Å². The first-order chi connectivity index (χ1) is 9.48. The highest BCUT2D eigenvalue weighted by atomic mass is 16.2. The van der Waals surface area contributed by atoms with Crippen molar-refractivity contribution < 1.29 is 9.59 Å².